The van der Waals surface area contributed by atoms with Crippen LogP contribution in [0.4, 0.5) is 4.39 Å². The Morgan fingerprint density at radius 1 is 1.29 bits per heavy atom. The van der Waals surface area contributed by atoms with E-state index in [-0.39, 0.29) is 30.6 Å². The zero-order valence-corrected chi connectivity index (χ0v) is 11.8. The fraction of sp³-hybridized carbons (Fsp3) is 0.467. The lowest BCUT2D eigenvalue weighted by molar-refractivity contribution is -0.136. The average molecular weight is 294 g/mol. The number of hydrogen-bond donors (Lipinski definition) is 1. The average Bonchev–Trinajstić information content (AvgIpc) is 2.51. The summed E-state index contributed by atoms with van der Waals surface area (Å²) in [6, 6.07) is 6.16. The number of nitrogens with zero attached hydrogens (tertiary/aromatic N) is 1. The number of nitrogens with one attached hydrogen (secondary N) is 1. The number of aryl methyl sites for hydroxylation is 1. The number of benzene rings is 1. The van der Waals surface area contributed by atoms with Crippen molar-refractivity contribution in [2.75, 3.05) is 32.8 Å². The summed E-state index contributed by atoms with van der Waals surface area (Å²) >= 11 is 0. The Bertz CT molecular complexity index is 501. The lowest BCUT2D eigenvalue weighted by Crippen LogP contribution is -2.45. The van der Waals surface area contributed by atoms with E-state index in [1.54, 1.807) is 17.0 Å². The summed E-state index contributed by atoms with van der Waals surface area (Å²) in [5.41, 5.74) is 0.768. The summed E-state index contributed by atoms with van der Waals surface area (Å²) in [7, 11) is 0. The first kappa shape index (κ1) is 15.4. The van der Waals surface area contributed by atoms with Crippen molar-refractivity contribution in [1.82, 2.24) is 10.2 Å². The van der Waals surface area contributed by atoms with Gasteiger partial charge in [0.25, 0.3) is 0 Å². The fourth-order valence-electron chi connectivity index (χ4n) is 2.14. The molecule has 2 amide bonds. The molecule has 1 fully saturated rings. The van der Waals surface area contributed by atoms with Crippen molar-refractivity contribution in [1.29, 1.82) is 0 Å². The van der Waals surface area contributed by atoms with Crippen molar-refractivity contribution in [2.24, 2.45) is 0 Å². The normalized spacial score (nSPS) is 14.8. The van der Waals surface area contributed by atoms with Crippen molar-refractivity contribution in [3.63, 3.8) is 0 Å². The quantitative estimate of drug-likeness (QED) is 0.871. The minimum Gasteiger partial charge on any atom is -0.378 e. The molecule has 0 aromatic heterocycles. The van der Waals surface area contributed by atoms with E-state index in [1.165, 1.54) is 12.1 Å². The molecule has 1 saturated heterocycles. The summed E-state index contributed by atoms with van der Waals surface area (Å²) in [5.74, 6) is -0.617. The molecule has 0 radical (unpaired) electrons. The molecule has 0 atom stereocenters. The molecule has 1 N–H and O–H groups in total. The van der Waals surface area contributed by atoms with Gasteiger partial charge in [-0.05, 0) is 24.1 Å². The number of halogens is 1. The molecule has 0 unspecified atom stereocenters. The molecule has 1 aliphatic heterocycles. The topological polar surface area (TPSA) is 58.6 Å². The third kappa shape index (κ3) is 5.15. The number of carbonyl (C=O) groups is 2. The molecule has 5 nitrogen and oxygen atoms in total. The van der Waals surface area contributed by atoms with Crippen molar-refractivity contribution >= 4 is 11.8 Å². The van der Waals surface area contributed by atoms with Gasteiger partial charge in [0.1, 0.15) is 5.82 Å². The van der Waals surface area contributed by atoms with E-state index in [0.717, 1.165) is 5.56 Å². The Morgan fingerprint density at radius 3 is 2.76 bits per heavy atom. The highest BCUT2D eigenvalue weighted by Gasteiger charge is 2.17. The molecule has 1 heterocycles. The summed E-state index contributed by atoms with van der Waals surface area (Å²) in [4.78, 5) is 25.2. The van der Waals surface area contributed by atoms with Gasteiger partial charge in [-0.25, -0.2) is 4.39 Å². The molecule has 0 saturated carbocycles. The Balaban J connectivity index is 1.68. The maximum atomic E-state index is 13.0. The van der Waals surface area contributed by atoms with Crippen LogP contribution in [0, 0.1) is 5.82 Å². The molecule has 0 bridgehead atoms. The molecule has 114 valence electrons. The smallest absolute Gasteiger partial charge is 0.242 e. The van der Waals surface area contributed by atoms with Gasteiger partial charge in [-0.3, -0.25) is 9.59 Å². The Morgan fingerprint density at radius 2 is 2.05 bits per heavy atom. The summed E-state index contributed by atoms with van der Waals surface area (Å²) < 4.78 is 18.2. The Kier molecular flexibility index (Phi) is 5.68. The molecule has 1 aromatic rings. The van der Waals surface area contributed by atoms with Gasteiger partial charge in [-0.15, -0.1) is 0 Å². The van der Waals surface area contributed by atoms with E-state index in [1.807, 2.05) is 0 Å². The first-order valence-corrected chi connectivity index (χ1v) is 7.02. The van der Waals surface area contributed by atoms with Crippen LogP contribution in [-0.2, 0) is 20.7 Å². The highest BCUT2D eigenvalue weighted by atomic mass is 19.1. The molecule has 0 spiro atoms. The van der Waals surface area contributed by atoms with Crippen LogP contribution >= 0.6 is 0 Å². The van der Waals surface area contributed by atoms with Crippen LogP contribution in [-0.4, -0.2) is 49.6 Å². The lowest BCUT2D eigenvalue weighted by Gasteiger charge is -2.26. The minimum atomic E-state index is -0.310. The summed E-state index contributed by atoms with van der Waals surface area (Å²) in [6.07, 6.45) is 0.690. The molecular weight excluding hydrogens is 275 g/mol. The first-order valence-electron chi connectivity index (χ1n) is 7.02. The van der Waals surface area contributed by atoms with E-state index in [4.69, 9.17) is 4.74 Å². The van der Waals surface area contributed by atoms with E-state index in [0.29, 0.717) is 32.7 Å². The maximum absolute atomic E-state index is 13.0. The molecule has 0 aliphatic carbocycles. The van der Waals surface area contributed by atoms with Gasteiger partial charge in [0, 0.05) is 19.5 Å². The second kappa shape index (κ2) is 7.73. The zero-order valence-electron chi connectivity index (χ0n) is 11.8. The molecule has 1 aromatic carbocycles. The molecular formula is C15H19FN2O3. The number of amides is 2. The molecule has 2 rings (SSSR count). The van der Waals surface area contributed by atoms with Crippen LogP contribution in [0.3, 0.4) is 0 Å². The predicted molar refractivity (Wildman–Crippen MR) is 75.1 cm³/mol. The second-order valence-corrected chi connectivity index (χ2v) is 4.90. The third-order valence-corrected chi connectivity index (χ3v) is 3.33. The first-order chi connectivity index (χ1) is 10.1. The molecule has 6 heteroatoms. The van der Waals surface area contributed by atoms with Gasteiger partial charge in [-0.1, -0.05) is 12.1 Å². The van der Waals surface area contributed by atoms with E-state index in [2.05, 4.69) is 5.32 Å². The second-order valence-electron chi connectivity index (χ2n) is 4.90. The number of carbonyl (C=O) groups excluding carboxylic acids is 2. The van der Waals surface area contributed by atoms with Crippen molar-refractivity contribution in [3.05, 3.63) is 35.6 Å². The number of rotatable bonds is 5. The summed E-state index contributed by atoms with van der Waals surface area (Å²) in [5, 5.41) is 2.60. The number of morpholine rings is 1. The van der Waals surface area contributed by atoms with Crippen LogP contribution in [0.1, 0.15) is 12.0 Å². The van der Waals surface area contributed by atoms with Gasteiger partial charge in [0.05, 0.1) is 19.8 Å². The summed E-state index contributed by atoms with van der Waals surface area (Å²) in [6.45, 7) is 2.22. The van der Waals surface area contributed by atoms with Gasteiger partial charge >= 0.3 is 0 Å². The SMILES string of the molecule is O=C(CCc1cccc(F)c1)NCC(=O)N1CCOCC1. The van der Waals surface area contributed by atoms with Gasteiger partial charge in [0.2, 0.25) is 11.8 Å². The molecule has 21 heavy (non-hydrogen) atoms. The van der Waals surface area contributed by atoms with Crippen molar-refractivity contribution < 1.29 is 18.7 Å². The lowest BCUT2D eigenvalue weighted by atomic mass is 10.1. The van der Waals surface area contributed by atoms with Crippen LogP contribution in [0.5, 0.6) is 0 Å². The Labute approximate surface area is 123 Å². The van der Waals surface area contributed by atoms with Crippen LogP contribution in [0.2, 0.25) is 0 Å². The van der Waals surface area contributed by atoms with Crippen molar-refractivity contribution in [2.45, 2.75) is 12.8 Å². The fourth-order valence-corrected chi connectivity index (χ4v) is 2.14. The van der Waals surface area contributed by atoms with Crippen molar-refractivity contribution in [3.8, 4) is 0 Å². The largest absolute Gasteiger partial charge is 0.378 e. The monoisotopic (exact) mass is 294 g/mol. The predicted octanol–water partition coefficient (Wildman–Crippen LogP) is 0.733. The zero-order chi connectivity index (χ0) is 15.1. The van der Waals surface area contributed by atoms with Crippen LogP contribution in [0.25, 0.3) is 0 Å². The Hall–Kier alpha value is -1.95. The van der Waals surface area contributed by atoms with Crippen LogP contribution < -0.4 is 5.32 Å². The highest BCUT2D eigenvalue weighted by Crippen LogP contribution is 2.06. The van der Waals surface area contributed by atoms with Crippen LogP contribution in [0.15, 0.2) is 24.3 Å². The standard InChI is InChI=1S/C15H19FN2O3/c16-13-3-1-2-12(10-13)4-5-14(19)17-11-15(20)18-6-8-21-9-7-18/h1-3,10H,4-9,11H2,(H,17,19). The number of ether oxygens (including phenoxy) is 1. The van der Waals surface area contributed by atoms with E-state index in [9.17, 15) is 14.0 Å². The van der Waals surface area contributed by atoms with E-state index < -0.39 is 0 Å². The third-order valence-electron chi connectivity index (χ3n) is 3.33. The maximum Gasteiger partial charge on any atom is 0.242 e. The van der Waals surface area contributed by atoms with E-state index >= 15 is 0 Å². The number of hydrogen-bond acceptors (Lipinski definition) is 3. The van der Waals surface area contributed by atoms with Gasteiger partial charge in [0.15, 0.2) is 0 Å². The highest BCUT2D eigenvalue weighted by molar-refractivity contribution is 5.84. The minimum absolute atomic E-state index is 0.00197. The molecule has 1 aliphatic rings. The van der Waals surface area contributed by atoms with Gasteiger partial charge < -0.3 is 15.0 Å². The van der Waals surface area contributed by atoms with Gasteiger partial charge in [-0.2, -0.15) is 0 Å².